The van der Waals surface area contributed by atoms with Crippen LogP contribution >= 0.6 is 11.6 Å². The molecule has 3 rings (SSSR count). The lowest BCUT2D eigenvalue weighted by Gasteiger charge is -2.36. The normalized spacial score (nSPS) is 19.6. The fraction of sp³-hybridized carbons (Fsp3) is 0.533. The van der Waals surface area contributed by atoms with E-state index in [2.05, 4.69) is 15.3 Å². The van der Waals surface area contributed by atoms with Gasteiger partial charge in [-0.1, -0.05) is 11.6 Å². The van der Waals surface area contributed by atoms with Crippen molar-refractivity contribution in [2.75, 3.05) is 5.32 Å². The number of nitrogens with zero attached hydrogens (tertiary/aromatic N) is 3. The first-order valence-electron chi connectivity index (χ1n) is 7.80. The summed E-state index contributed by atoms with van der Waals surface area (Å²) < 4.78 is 66.0. The summed E-state index contributed by atoms with van der Waals surface area (Å²) in [6.07, 6.45) is -7.37. The van der Waals surface area contributed by atoms with Crippen LogP contribution in [0.5, 0.6) is 0 Å². The maximum Gasteiger partial charge on any atom is 0.417 e. The number of hydrogen-bond acceptors (Lipinski definition) is 4. The number of imidazole rings is 1. The van der Waals surface area contributed by atoms with Crippen LogP contribution in [0.1, 0.15) is 32.2 Å². The summed E-state index contributed by atoms with van der Waals surface area (Å²) in [7, 11) is 0. The molecule has 2 heterocycles. The topological polar surface area (TPSA) is 80.0 Å². The molecule has 2 aromatic heterocycles. The Bertz CT molecular complexity index is 888. The van der Waals surface area contributed by atoms with Gasteiger partial charge in [-0.05, 0) is 19.1 Å². The minimum absolute atomic E-state index is 0.0626. The largest absolute Gasteiger partial charge is 0.417 e. The second-order valence-corrected chi connectivity index (χ2v) is 7.08. The van der Waals surface area contributed by atoms with Gasteiger partial charge in [0.1, 0.15) is 10.7 Å². The van der Waals surface area contributed by atoms with E-state index in [0.717, 1.165) is 0 Å². The van der Waals surface area contributed by atoms with Gasteiger partial charge in [-0.2, -0.15) is 13.2 Å². The molecule has 1 aliphatic carbocycles. The van der Waals surface area contributed by atoms with E-state index >= 15 is 0 Å². The molecule has 1 unspecified atom stereocenters. The highest BCUT2D eigenvalue weighted by Crippen LogP contribution is 2.47. The first kappa shape index (κ1) is 19.7. The second-order valence-electron chi connectivity index (χ2n) is 6.70. The van der Waals surface area contributed by atoms with Crippen molar-refractivity contribution in [3.63, 3.8) is 0 Å². The third kappa shape index (κ3) is 3.84. The SMILES string of the molecule is CC(O)(CC(=O)Nc1nc2ccc(Cl)nc2n1C1CC(F)(F)C1)C(F)(F)F. The van der Waals surface area contributed by atoms with Crippen molar-refractivity contribution < 1.29 is 31.9 Å². The van der Waals surface area contributed by atoms with E-state index in [9.17, 15) is 31.9 Å². The van der Waals surface area contributed by atoms with E-state index in [4.69, 9.17) is 11.6 Å². The predicted octanol–water partition coefficient (Wildman–Crippen LogP) is 3.70. The standard InChI is InChI=1S/C15H14ClF5N4O2/c1-13(27,15(19,20)21)6-10(26)24-12-22-8-2-3-9(16)23-11(8)25(12)7-4-14(17,18)5-7/h2-3,7,27H,4-6H2,1H3,(H,22,24,26). The van der Waals surface area contributed by atoms with Crippen molar-refractivity contribution in [2.24, 2.45) is 0 Å². The summed E-state index contributed by atoms with van der Waals surface area (Å²) in [4.78, 5) is 20.1. The Labute approximate surface area is 154 Å². The number of fused-ring (bicyclic) bond motifs is 1. The molecule has 1 amide bonds. The van der Waals surface area contributed by atoms with E-state index in [1.54, 1.807) is 0 Å². The summed E-state index contributed by atoms with van der Waals surface area (Å²) in [5, 5.41) is 11.6. The van der Waals surface area contributed by atoms with Crippen molar-refractivity contribution >= 4 is 34.6 Å². The number of amides is 1. The Morgan fingerprint density at radius 3 is 2.56 bits per heavy atom. The summed E-state index contributed by atoms with van der Waals surface area (Å²) in [6.45, 7) is 0.462. The van der Waals surface area contributed by atoms with Crippen LogP contribution in [-0.4, -0.2) is 43.2 Å². The molecule has 0 spiro atoms. The number of pyridine rings is 1. The fourth-order valence-electron chi connectivity index (χ4n) is 2.78. The molecule has 0 saturated heterocycles. The Morgan fingerprint density at radius 2 is 2.00 bits per heavy atom. The monoisotopic (exact) mass is 412 g/mol. The van der Waals surface area contributed by atoms with Crippen LogP contribution in [0.2, 0.25) is 5.15 Å². The molecule has 0 aromatic carbocycles. The fourth-order valence-corrected chi connectivity index (χ4v) is 2.92. The number of hydrogen-bond donors (Lipinski definition) is 2. The third-order valence-electron chi connectivity index (χ3n) is 4.30. The zero-order valence-corrected chi connectivity index (χ0v) is 14.6. The second kappa shape index (κ2) is 6.26. The Kier molecular flexibility index (Phi) is 4.58. The van der Waals surface area contributed by atoms with Gasteiger partial charge >= 0.3 is 6.18 Å². The van der Waals surface area contributed by atoms with Crippen molar-refractivity contribution in [1.29, 1.82) is 0 Å². The van der Waals surface area contributed by atoms with Crippen LogP contribution in [0, 0.1) is 0 Å². The predicted molar refractivity (Wildman–Crippen MR) is 85.7 cm³/mol. The number of rotatable bonds is 4. The lowest BCUT2D eigenvalue weighted by Crippen LogP contribution is -2.45. The van der Waals surface area contributed by atoms with E-state index < -0.39 is 48.9 Å². The molecule has 12 heteroatoms. The van der Waals surface area contributed by atoms with E-state index in [1.807, 2.05) is 0 Å². The first-order valence-corrected chi connectivity index (χ1v) is 8.18. The average molecular weight is 413 g/mol. The van der Waals surface area contributed by atoms with Crippen LogP contribution < -0.4 is 5.32 Å². The third-order valence-corrected chi connectivity index (χ3v) is 4.51. The molecule has 2 aromatic rings. The molecule has 148 valence electrons. The van der Waals surface area contributed by atoms with Gasteiger partial charge in [-0.15, -0.1) is 0 Å². The van der Waals surface area contributed by atoms with Gasteiger partial charge in [-0.3, -0.25) is 14.7 Å². The van der Waals surface area contributed by atoms with Gasteiger partial charge in [0.15, 0.2) is 11.2 Å². The highest BCUT2D eigenvalue weighted by atomic mass is 35.5. The first-order chi connectivity index (χ1) is 12.3. The van der Waals surface area contributed by atoms with Crippen LogP contribution in [-0.2, 0) is 4.79 Å². The molecule has 1 saturated carbocycles. The van der Waals surface area contributed by atoms with E-state index in [-0.39, 0.29) is 22.3 Å². The summed E-state index contributed by atoms with van der Waals surface area (Å²) >= 11 is 5.82. The van der Waals surface area contributed by atoms with Gasteiger partial charge in [0.05, 0.1) is 12.5 Å². The molecule has 2 N–H and O–H groups in total. The molecule has 1 aliphatic rings. The number of alkyl halides is 5. The van der Waals surface area contributed by atoms with Crippen molar-refractivity contribution in [3.8, 4) is 0 Å². The van der Waals surface area contributed by atoms with Gasteiger partial charge in [0, 0.05) is 12.8 Å². The van der Waals surface area contributed by atoms with Gasteiger partial charge < -0.3 is 5.11 Å². The number of carbonyl (C=O) groups excluding carboxylic acids is 1. The molecule has 27 heavy (non-hydrogen) atoms. The lowest BCUT2D eigenvalue weighted by molar-refractivity contribution is -0.253. The van der Waals surface area contributed by atoms with E-state index in [1.165, 1.54) is 16.7 Å². The smallest absolute Gasteiger partial charge is 0.380 e. The van der Waals surface area contributed by atoms with Crippen LogP contribution in [0.3, 0.4) is 0 Å². The number of anilines is 1. The highest BCUT2D eigenvalue weighted by molar-refractivity contribution is 6.29. The maximum absolute atomic E-state index is 13.3. The van der Waals surface area contributed by atoms with Gasteiger partial charge in [0.2, 0.25) is 11.9 Å². The van der Waals surface area contributed by atoms with Gasteiger partial charge in [-0.25, -0.2) is 18.7 Å². The van der Waals surface area contributed by atoms with Crippen LogP contribution in [0.4, 0.5) is 27.9 Å². The maximum atomic E-state index is 13.3. The highest BCUT2D eigenvalue weighted by Gasteiger charge is 2.51. The molecule has 1 atom stereocenters. The average Bonchev–Trinajstić information content (AvgIpc) is 2.79. The number of aromatic nitrogens is 3. The molecular weight excluding hydrogens is 399 g/mol. The van der Waals surface area contributed by atoms with Crippen molar-refractivity contribution in [1.82, 2.24) is 14.5 Å². The van der Waals surface area contributed by atoms with Crippen molar-refractivity contribution in [2.45, 2.75) is 49.9 Å². The molecular formula is C15H14ClF5N4O2. The zero-order valence-electron chi connectivity index (χ0n) is 13.8. The number of carbonyl (C=O) groups is 1. The number of aliphatic hydroxyl groups is 1. The number of nitrogens with one attached hydrogen (secondary N) is 1. The lowest BCUT2D eigenvalue weighted by atomic mass is 9.88. The molecule has 0 bridgehead atoms. The summed E-state index contributed by atoms with van der Waals surface area (Å²) in [5.41, 5.74) is -2.90. The number of halogens is 6. The Balaban J connectivity index is 1.91. The molecule has 0 aliphatic heterocycles. The Morgan fingerprint density at radius 1 is 1.37 bits per heavy atom. The minimum Gasteiger partial charge on any atom is -0.380 e. The minimum atomic E-state index is -5.02. The molecule has 0 radical (unpaired) electrons. The quantitative estimate of drug-likeness (QED) is 0.593. The van der Waals surface area contributed by atoms with Crippen molar-refractivity contribution in [3.05, 3.63) is 17.3 Å². The summed E-state index contributed by atoms with van der Waals surface area (Å²) in [5.74, 6) is -4.30. The Hall–Kier alpha value is -2.01. The van der Waals surface area contributed by atoms with Crippen LogP contribution in [0.15, 0.2) is 12.1 Å². The molecule has 6 nitrogen and oxygen atoms in total. The van der Waals surface area contributed by atoms with Gasteiger partial charge in [0.25, 0.3) is 5.92 Å². The van der Waals surface area contributed by atoms with Crippen LogP contribution in [0.25, 0.3) is 11.2 Å². The summed E-state index contributed by atoms with van der Waals surface area (Å²) in [6, 6.07) is 2.09. The molecule has 1 fully saturated rings. The zero-order chi connectivity index (χ0) is 20.2. The van der Waals surface area contributed by atoms with E-state index in [0.29, 0.717) is 6.92 Å².